The van der Waals surface area contributed by atoms with Gasteiger partial charge in [-0.15, -0.1) is 0 Å². The highest BCUT2D eigenvalue weighted by Crippen LogP contribution is 2.48. The third-order valence-corrected chi connectivity index (χ3v) is 11.6. The van der Waals surface area contributed by atoms with E-state index in [4.69, 9.17) is 0 Å². The Kier molecular flexibility index (Phi) is 10.6. The van der Waals surface area contributed by atoms with Crippen LogP contribution in [0.25, 0.3) is 0 Å². The quantitative estimate of drug-likeness (QED) is 0.236. The van der Waals surface area contributed by atoms with Gasteiger partial charge in [-0.2, -0.15) is 0 Å². The average Bonchev–Trinajstić information content (AvgIpc) is 2.93. The van der Waals surface area contributed by atoms with Crippen LogP contribution in [0.3, 0.4) is 0 Å². The number of unbranched alkanes of at least 4 members (excludes halogenated alkanes) is 2. The second-order valence-electron chi connectivity index (χ2n) is 13.3. The molecule has 0 aliphatic heterocycles. The smallest absolute Gasteiger partial charge is 0.245 e. The molecule has 0 unspecified atom stereocenters. The summed E-state index contributed by atoms with van der Waals surface area (Å²) in [6, 6.07) is 0.444. The second kappa shape index (κ2) is 13.7. The summed E-state index contributed by atoms with van der Waals surface area (Å²) in [6.07, 6.45) is 30.8. The van der Waals surface area contributed by atoms with E-state index in [0.717, 1.165) is 41.4 Å². The molecule has 0 spiro atoms. The van der Waals surface area contributed by atoms with E-state index in [2.05, 4.69) is 13.5 Å². The third-order valence-electron chi connectivity index (χ3n) is 11.6. The Morgan fingerprint density at radius 2 is 1.03 bits per heavy atom. The first-order valence-corrected chi connectivity index (χ1v) is 16.0. The van der Waals surface area contributed by atoms with Gasteiger partial charge in [0.2, 0.25) is 5.91 Å². The Bertz CT molecular complexity index is 625. The van der Waals surface area contributed by atoms with Crippen molar-refractivity contribution in [3.63, 3.8) is 0 Å². The Hall–Kier alpha value is -0.790. The van der Waals surface area contributed by atoms with Gasteiger partial charge in [0.1, 0.15) is 0 Å². The fraction of sp³-hybridized carbons (Fsp3) is 0.909. The van der Waals surface area contributed by atoms with E-state index in [1.807, 2.05) is 11.9 Å². The minimum Gasteiger partial charge on any atom is -0.339 e. The molecule has 0 aromatic rings. The van der Waals surface area contributed by atoms with Gasteiger partial charge in [0, 0.05) is 13.1 Å². The van der Waals surface area contributed by atoms with Crippen LogP contribution in [0.1, 0.15) is 135 Å². The van der Waals surface area contributed by atoms with E-state index in [-0.39, 0.29) is 5.91 Å². The number of amides is 1. The SMILES string of the molecule is C=CC(=O)N(C)C1CCC(C2CCC(C3CCC(C4CCC(CCCCC)CC4)CC3)CC2)CC1. The first-order chi connectivity index (χ1) is 17.1. The van der Waals surface area contributed by atoms with Gasteiger partial charge in [-0.05, 0) is 137 Å². The molecule has 2 nitrogen and oxygen atoms in total. The van der Waals surface area contributed by atoms with Crippen molar-refractivity contribution in [2.45, 2.75) is 141 Å². The Morgan fingerprint density at radius 1 is 0.657 bits per heavy atom. The molecule has 0 radical (unpaired) electrons. The highest BCUT2D eigenvalue weighted by atomic mass is 16.2. The summed E-state index contributed by atoms with van der Waals surface area (Å²) in [4.78, 5) is 13.9. The van der Waals surface area contributed by atoms with Crippen molar-refractivity contribution >= 4 is 5.91 Å². The zero-order valence-electron chi connectivity index (χ0n) is 23.4. The molecule has 4 fully saturated rings. The van der Waals surface area contributed by atoms with Gasteiger partial charge in [-0.1, -0.05) is 52.0 Å². The fourth-order valence-electron chi connectivity index (χ4n) is 9.09. The predicted octanol–water partition coefficient (Wildman–Crippen LogP) is 9.19. The third kappa shape index (κ3) is 7.38. The fourth-order valence-corrected chi connectivity index (χ4v) is 9.09. The van der Waals surface area contributed by atoms with Crippen molar-refractivity contribution in [3.05, 3.63) is 12.7 Å². The number of hydrogen-bond donors (Lipinski definition) is 0. The number of likely N-dealkylation sites (N-methyl/N-ethyl adjacent to an activating group) is 1. The molecular formula is C33H57NO. The molecule has 4 rings (SSSR count). The van der Waals surface area contributed by atoms with Crippen molar-refractivity contribution in [1.82, 2.24) is 4.90 Å². The summed E-state index contributed by atoms with van der Waals surface area (Å²) in [7, 11) is 1.97. The molecule has 200 valence electrons. The Morgan fingerprint density at radius 3 is 1.40 bits per heavy atom. The van der Waals surface area contributed by atoms with Gasteiger partial charge in [-0.25, -0.2) is 0 Å². The van der Waals surface area contributed by atoms with E-state index in [9.17, 15) is 4.79 Å². The van der Waals surface area contributed by atoms with E-state index in [1.54, 1.807) is 51.4 Å². The van der Waals surface area contributed by atoms with Crippen LogP contribution in [-0.2, 0) is 4.79 Å². The maximum Gasteiger partial charge on any atom is 0.245 e. The Labute approximate surface area is 218 Å². The molecule has 0 aromatic heterocycles. The topological polar surface area (TPSA) is 20.3 Å². The van der Waals surface area contributed by atoms with Gasteiger partial charge in [0.15, 0.2) is 0 Å². The minimum atomic E-state index is 0.0961. The number of hydrogen-bond acceptors (Lipinski definition) is 1. The summed E-state index contributed by atoms with van der Waals surface area (Å²) >= 11 is 0. The van der Waals surface area contributed by atoms with E-state index < -0.39 is 0 Å². The lowest BCUT2D eigenvalue weighted by atomic mass is 9.63. The molecule has 4 aliphatic rings. The second-order valence-corrected chi connectivity index (χ2v) is 13.3. The zero-order chi connectivity index (χ0) is 24.6. The lowest BCUT2D eigenvalue weighted by Crippen LogP contribution is -2.40. The molecule has 0 saturated heterocycles. The van der Waals surface area contributed by atoms with Crippen LogP contribution < -0.4 is 0 Å². The highest BCUT2D eigenvalue weighted by Gasteiger charge is 2.37. The maximum absolute atomic E-state index is 12.0. The molecule has 35 heavy (non-hydrogen) atoms. The van der Waals surface area contributed by atoms with Crippen LogP contribution >= 0.6 is 0 Å². The number of rotatable bonds is 9. The number of carbonyl (C=O) groups is 1. The van der Waals surface area contributed by atoms with Crippen LogP contribution in [0.2, 0.25) is 0 Å². The molecule has 0 N–H and O–H groups in total. The molecule has 0 aromatic carbocycles. The van der Waals surface area contributed by atoms with Crippen LogP contribution in [0.15, 0.2) is 12.7 Å². The van der Waals surface area contributed by atoms with Crippen molar-refractivity contribution in [2.24, 2.45) is 41.4 Å². The first kappa shape index (κ1) is 27.3. The number of carbonyl (C=O) groups excluding carboxylic acids is 1. The largest absolute Gasteiger partial charge is 0.339 e. The summed E-state index contributed by atoms with van der Waals surface area (Å²) in [5, 5.41) is 0. The van der Waals surface area contributed by atoms with E-state index in [1.165, 1.54) is 83.1 Å². The molecule has 0 heterocycles. The monoisotopic (exact) mass is 483 g/mol. The van der Waals surface area contributed by atoms with Crippen molar-refractivity contribution in [3.8, 4) is 0 Å². The van der Waals surface area contributed by atoms with Crippen molar-refractivity contribution in [1.29, 1.82) is 0 Å². The lowest BCUT2D eigenvalue weighted by Gasteiger charge is -2.43. The summed E-state index contributed by atoms with van der Waals surface area (Å²) in [5.74, 6) is 7.28. The highest BCUT2D eigenvalue weighted by molar-refractivity contribution is 5.87. The van der Waals surface area contributed by atoms with Gasteiger partial charge in [-0.3, -0.25) is 4.79 Å². The predicted molar refractivity (Wildman–Crippen MR) is 149 cm³/mol. The molecule has 2 heteroatoms. The average molecular weight is 484 g/mol. The number of nitrogens with zero attached hydrogens (tertiary/aromatic N) is 1. The molecule has 1 amide bonds. The standard InChI is InChI=1S/C33H57NO/c1-4-6-7-8-25-9-11-26(12-10-25)27-13-15-28(16-14-27)29-17-19-30(20-18-29)31-21-23-32(24-22-31)34(3)33(35)5-2/h5,25-32H,2,4,6-24H2,1,3H3. The lowest BCUT2D eigenvalue weighted by molar-refractivity contribution is -0.127. The summed E-state index contributed by atoms with van der Waals surface area (Å²) < 4.78 is 0. The normalized spacial score (nSPS) is 38.6. The zero-order valence-corrected chi connectivity index (χ0v) is 23.4. The molecule has 4 aliphatic carbocycles. The molecular weight excluding hydrogens is 426 g/mol. The van der Waals surface area contributed by atoms with Crippen LogP contribution in [-0.4, -0.2) is 23.9 Å². The Balaban J connectivity index is 1.11. The van der Waals surface area contributed by atoms with Gasteiger partial charge in [0.05, 0.1) is 0 Å². The van der Waals surface area contributed by atoms with Gasteiger partial charge < -0.3 is 4.90 Å². The summed E-state index contributed by atoms with van der Waals surface area (Å²) in [5.41, 5.74) is 0. The van der Waals surface area contributed by atoms with Gasteiger partial charge >= 0.3 is 0 Å². The van der Waals surface area contributed by atoms with Gasteiger partial charge in [0.25, 0.3) is 0 Å². The van der Waals surface area contributed by atoms with Crippen molar-refractivity contribution < 1.29 is 4.79 Å². The van der Waals surface area contributed by atoms with Crippen molar-refractivity contribution in [2.75, 3.05) is 7.05 Å². The van der Waals surface area contributed by atoms with E-state index >= 15 is 0 Å². The first-order valence-electron chi connectivity index (χ1n) is 16.0. The van der Waals surface area contributed by atoms with E-state index in [0.29, 0.717) is 6.04 Å². The molecule has 0 bridgehead atoms. The van der Waals surface area contributed by atoms with Crippen LogP contribution in [0.5, 0.6) is 0 Å². The molecule has 0 atom stereocenters. The van der Waals surface area contributed by atoms with Crippen LogP contribution in [0.4, 0.5) is 0 Å². The minimum absolute atomic E-state index is 0.0961. The van der Waals surface area contributed by atoms with Crippen LogP contribution in [0, 0.1) is 41.4 Å². The molecule has 4 saturated carbocycles. The summed E-state index contributed by atoms with van der Waals surface area (Å²) in [6.45, 7) is 5.99. The maximum atomic E-state index is 12.0.